The van der Waals surface area contributed by atoms with Crippen molar-refractivity contribution >= 4 is 28.4 Å². The van der Waals surface area contributed by atoms with Crippen molar-refractivity contribution in [1.29, 1.82) is 0 Å². The summed E-state index contributed by atoms with van der Waals surface area (Å²) < 4.78 is 37.5. The lowest BCUT2D eigenvalue weighted by Gasteiger charge is -2.38. The Kier molecular flexibility index (Phi) is 12.7. The molecule has 1 aromatic rings. The second-order valence-corrected chi connectivity index (χ2v) is 20.2. The highest BCUT2D eigenvalue weighted by atomic mass is 28.4. The van der Waals surface area contributed by atoms with Gasteiger partial charge in [0.15, 0.2) is 28.5 Å². The fourth-order valence-corrected chi connectivity index (χ4v) is 10.9. The molecule has 0 saturated carbocycles. The van der Waals surface area contributed by atoms with Crippen molar-refractivity contribution in [3.63, 3.8) is 0 Å². The highest BCUT2D eigenvalue weighted by Crippen LogP contribution is 2.45. The standard InChI is InChI=1S/C28H50FN3O5Si2/c1-9-16-17-18-24(33)30-23-19-20-32(27(34)31-23)26-28(8,29)25(37-39(13-5,14-6)15-7)22(36-26)21-35-38(10-2,11-3)12-4/h9,19-20,22,25-26H,1,10-18,21H2,2-8H3,(H,30,31,33,34)/t22-,25?,26-,28+/m1/s1. The summed E-state index contributed by atoms with van der Waals surface area (Å²) in [6.45, 7) is 18.1. The summed E-state index contributed by atoms with van der Waals surface area (Å²) in [6.07, 6.45) is 2.10. The Bertz CT molecular complexity index is 981. The molecule has 1 unspecified atom stereocenters. The quantitative estimate of drug-likeness (QED) is 0.127. The zero-order valence-electron chi connectivity index (χ0n) is 25.1. The number of unbranched alkanes of at least 4 members (excludes halogenated alkanes) is 1. The molecule has 4 atom stereocenters. The van der Waals surface area contributed by atoms with Gasteiger partial charge in [-0.05, 0) is 62.1 Å². The lowest BCUT2D eigenvalue weighted by atomic mass is 9.98. The molecule has 1 saturated heterocycles. The van der Waals surface area contributed by atoms with Crippen LogP contribution in [0.15, 0.2) is 29.7 Å². The Morgan fingerprint density at radius 2 is 1.74 bits per heavy atom. The van der Waals surface area contributed by atoms with Gasteiger partial charge in [0.2, 0.25) is 5.91 Å². The molecule has 1 aliphatic heterocycles. The number of hydrogen-bond acceptors (Lipinski definition) is 6. The van der Waals surface area contributed by atoms with Crippen LogP contribution >= 0.6 is 0 Å². The third-order valence-corrected chi connectivity index (χ3v) is 17.9. The number of aromatic nitrogens is 2. The van der Waals surface area contributed by atoms with Gasteiger partial charge in [-0.3, -0.25) is 9.36 Å². The van der Waals surface area contributed by atoms with Gasteiger partial charge in [0.1, 0.15) is 18.0 Å². The van der Waals surface area contributed by atoms with Crippen LogP contribution < -0.4 is 11.0 Å². The van der Waals surface area contributed by atoms with E-state index in [2.05, 4.69) is 58.4 Å². The van der Waals surface area contributed by atoms with Crippen LogP contribution in [0.4, 0.5) is 10.2 Å². The summed E-state index contributed by atoms with van der Waals surface area (Å²) in [5.74, 6) is -0.111. The monoisotopic (exact) mass is 583 g/mol. The molecular formula is C28H50FN3O5Si2. The van der Waals surface area contributed by atoms with Crippen LogP contribution in [0, 0.1) is 0 Å². The minimum atomic E-state index is -2.22. The number of hydrogen-bond donors (Lipinski definition) is 1. The van der Waals surface area contributed by atoms with Crippen LogP contribution in [0.1, 0.15) is 74.0 Å². The molecule has 39 heavy (non-hydrogen) atoms. The van der Waals surface area contributed by atoms with E-state index in [0.717, 1.165) is 42.7 Å². The number of nitrogens with one attached hydrogen (secondary N) is 1. The number of amides is 1. The molecule has 1 amide bonds. The molecule has 0 aromatic carbocycles. The first-order chi connectivity index (χ1) is 18.5. The van der Waals surface area contributed by atoms with Crippen LogP contribution in [0.25, 0.3) is 0 Å². The van der Waals surface area contributed by atoms with E-state index < -0.39 is 46.4 Å². The molecule has 0 aliphatic carbocycles. The molecular weight excluding hydrogens is 533 g/mol. The number of carbonyl (C=O) groups excluding carboxylic acids is 1. The summed E-state index contributed by atoms with van der Waals surface area (Å²) in [4.78, 5) is 29.2. The number of rotatable bonds is 17. The maximum atomic E-state index is 16.8. The average molecular weight is 584 g/mol. The van der Waals surface area contributed by atoms with Gasteiger partial charge in [0, 0.05) is 12.6 Å². The van der Waals surface area contributed by atoms with Crippen molar-refractivity contribution in [3.8, 4) is 0 Å². The number of anilines is 1. The lowest BCUT2D eigenvalue weighted by Crippen LogP contribution is -2.52. The van der Waals surface area contributed by atoms with E-state index in [1.807, 2.05) is 0 Å². The molecule has 1 aliphatic rings. The number of carbonyl (C=O) groups is 1. The molecule has 222 valence electrons. The lowest BCUT2D eigenvalue weighted by molar-refractivity contribution is -0.116. The fourth-order valence-electron chi connectivity index (χ4n) is 5.39. The highest BCUT2D eigenvalue weighted by molar-refractivity contribution is 6.74. The maximum Gasteiger partial charge on any atom is 0.351 e. The largest absolute Gasteiger partial charge is 0.414 e. The minimum absolute atomic E-state index is 0.130. The predicted molar refractivity (Wildman–Crippen MR) is 160 cm³/mol. The van der Waals surface area contributed by atoms with Crippen LogP contribution in [0.2, 0.25) is 36.3 Å². The number of alkyl halides is 1. The third-order valence-electron chi connectivity index (χ3n) is 8.64. The zero-order valence-corrected chi connectivity index (χ0v) is 27.1. The first-order valence-electron chi connectivity index (χ1n) is 14.7. The van der Waals surface area contributed by atoms with Gasteiger partial charge >= 0.3 is 5.69 Å². The maximum absolute atomic E-state index is 16.8. The van der Waals surface area contributed by atoms with Crippen molar-refractivity contribution in [3.05, 3.63) is 35.4 Å². The smallest absolute Gasteiger partial charge is 0.351 e. The van der Waals surface area contributed by atoms with E-state index in [-0.39, 0.29) is 18.3 Å². The van der Waals surface area contributed by atoms with Crippen molar-refractivity contribution in [2.75, 3.05) is 11.9 Å². The topological polar surface area (TPSA) is 91.7 Å². The van der Waals surface area contributed by atoms with E-state index in [0.29, 0.717) is 12.8 Å². The van der Waals surface area contributed by atoms with Gasteiger partial charge < -0.3 is 18.9 Å². The Labute approximate surface area is 236 Å². The fraction of sp³-hybridized carbons (Fsp3) is 0.750. The molecule has 8 nitrogen and oxygen atoms in total. The second-order valence-electron chi connectivity index (χ2n) is 10.7. The highest BCUT2D eigenvalue weighted by Gasteiger charge is 2.58. The van der Waals surface area contributed by atoms with Crippen molar-refractivity contribution in [2.45, 2.75) is 128 Å². The normalized spacial score (nSPS) is 23.6. The molecule has 1 N–H and O–H groups in total. The predicted octanol–water partition coefficient (Wildman–Crippen LogP) is 6.58. The second kappa shape index (κ2) is 14.8. The van der Waals surface area contributed by atoms with Crippen molar-refractivity contribution in [2.24, 2.45) is 0 Å². The van der Waals surface area contributed by atoms with Crippen LogP contribution in [0.3, 0.4) is 0 Å². The number of ether oxygens (including phenoxy) is 1. The summed E-state index contributed by atoms with van der Waals surface area (Å²) in [5, 5.41) is 2.64. The summed E-state index contributed by atoms with van der Waals surface area (Å²) >= 11 is 0. The zero-order chi connectivity index (χ0) is 29.3. The van der Waals surface area contributed by atoms with Gasteiger partial charge in [-0.1, -0.05) is 47.6 Å². The Morgan fingerprint density at radius 1 is 1.15 bits per heavy atom. The van der Waals surface area contributed by atoms with E-state index >= 15 is 4.39 Å². The molecule has 1 fully saturated rings. The Hall–Kier alpha value is -1.67. The summed E-state index contributed by atoms with van der Waals surface area (Å²) in [7, 11) is -4.18. The first-order valence-corrected chi connectivity index (χ1v) is 19.7. The molecule has 2 rings (SSSR count). The number of nitrogens with zero attached hydrogens (tertiary/aromatic N) is 2. The van der Waals surface area contributed by atoms with Crippen molar-refractivity contribution < 1.29 is 22.8 Å². The average Bonchev–Trinajstić information content (AvgIpc) is 3.17. The van der Waals surface area contributed by atoms with Crippen molar-refractivity contribution in [1.82, 2.24) is 9.55 Å². The Morgan fingerprint density at radius 3 is 2.26 bits per heavy atom. The Balaban J connectivity index is 2.38. The SMILES string of the molecule is C=CCCCC(=O)Nc1ccn([C@@H]2O[C@H](CO[Si](CC)(CC)CC)C(O[Si](CC)(CC)CC)[C@]2(C)F)c(=O)n1. The summed E-state index contributed by atoms with van der Waals surface area (Å²) in [6, 6.07) is 7.00. The summed E-state index contributed by atoms with van der Waals surface area (Å²) in [5.41, 5.74) is -2.70. The first kappa shape index (κ1) is 33.5. The van der Waals surface area contributed by atoms with Gasteiger partial charge in [-0.15, -0.1) is 6.58 Å². The van der Waals surface area contributed by atoms with E-state index in [4.69, 9.17) is 13.6 Å². The molecule has 0 bridgehead atoms. The van der Waals surface area contributed by atoms with Gasteiger partial charge in [-0.2, -0.15) is 4.98 Å². The molecule has 1 aromatic heterocycles. The van der Waals surface area contributed by atoms with Gasteiger partial charge in [-0.25, -0.2) is 9.18 Å². The molecule has 11 heteroatoms. The molecule has 0 radical (unpaired) electrons. The van der Waals surface area contributed by atoms with Crippen LogP contribution in [-0.2, 0) is 18.4 Å². The van der Waals surface area contributed by atoms with Crippen LogP contribution in [-0.4, -0.2) is 56.6 Å². The minimum Gasteiger partial charge on any atom is -0.414 e. The van der Waals surface area contributed by atoms with Crippen LogP contribution in [0.5, 0.6) is 0 Å². The van der Waals surface area contributed by atoms with E-state index in [9.17, 15) is 9.59 Å². The van der Waals surface area contributed by atoms with E-state index in [1.165, 1.54) is 23.8 Å². The molecule has 2 heterocycles. The van der Waals surface area contributed by atoms with Gasteiger partial charge in [0.05, 0.1) is 6.61 Å². The number of halogens is 1. The molecule has 0 spiro atoms. The third kappa shape index (κ3) is 7.96. The number of allylic oxidation sites excluding steroid dienone is 1. The van der Waals surface area contributed by atoms with Gasteiger partial charge in [0.25, 0.3) is 0 Å². The van der Waals surface area contributed by atoms with E-state index in [1.54, 1.807) is 6.08 Å².